The van der Waals surface area contributed by atoms with Crippen LogP contribution in [0.15, 0.2) is 0 Å². The molecule has 164 valence electrons. The van der Waals surface area contributed by atoms with Gasteiger partial charge in [-0.05, 0) is 44.4 Å². The number of carbonyl (C=O) groups excluding carboxylic acids is 2. The average Bonchev–Trinajstić information content (AvgIpc) is 2.55. The first-order chi connectivity index (χ1) is 13.4. The standard InChI is InChI=1S/C21H28F2I2O4/c1-18(22,23)12-28-16(26)14-4-2-3-5-15(14)17(27)29-21-8-13-6-19(24,10-21)9-20(25,7-13)11-21/h13-15H,2-12H2,1H3. The third-order valence-corrected chi connectivity index (χ3v) is 9.44. The van der Waals surface area contributed by atoms with Crippen molar-refractivity contribution in [2.24, 2.45) is 17.8 Å². The van der Waals surface area contributed by atoms with Crippen LogP contribution in [0.3, 0.4) is 0 Å². The minimum absolute atomic E-state index is 0.191. The van der Waals surface area contributed by atoms with Crippen LogP contribution in [0.1, 0.15) is 71.1 Å². The second-order valence-electron chi connectivity index (χ2n) is 10.1. The lowest BCUT2D eigenvalue weighted by molar-refractivity contribution is -0.190. The molecule has 5 saturated carbocycles. The summed E-state index contributed by atoms with van der Waals surface area (Å²) in [5, 5.41) is 0. The first-order valence-corrected chi connectivity index (χ1v) is 12.7. The van der Waals surface area contributed by atoms with Gasteiger partial charge in [0, 0.05) is 26.6 Å². The molecule has 0 amide bonds. The zero-order chi connectivity index (χ0) is 21.1. The molecule has 4 nitrogen and oxygen atoms in total. The smallest absolute Gasteiger partial charge is 0.310 e. The van der Waals surface area contributed by atoms with Gasteiger partial charge >= 0.3 is 11.9 Å². The highest BCUT2D eigenvalue weighted by Gasteiger charge is 2.64. The molecule has 4 bridgehead atoms. The lowest BCUT2D eigenvalue weighted by Crippen LogP contribution is -2.63. The fraction of sp³-hybridized carbons (Fsp3) is 0.905. The first-order valence-electron chi connectivity index (χ1n) is 10.6. The number of rotatable bonds is 5. The molecule has 0 saturated heterocycles. The Labute approximate surface area is 197 Å². The molecule has 0 spiro atoms. The number of halogens is 4. The Hall–Kier alpha value is 0.260. The molecule has 5 rings (SSSR count). The summed E-state index contributed by atoms with van der Waals surface area (Å²) in [7, 11) is 0. The molecule has 0 aromatic carbocycles. The molecule has 0 aliphatic heterocycles. The highest BCUT2D eigenvalue weighted by atomic mass is 127. The van der Waals surface area contributed by atoms with Gasteiger partial charge in [0.15, 0.2) is 6.61 Å². The van der Waals surface area contributed by atoms with Crippen molar-refractivity contribution in [2.45, 2.75) is 89.5 Å². The second-order valence-corrected chi connectivity index (χ2v) is 14.7. The van der Waals surface area contributed by atoms with Gasteiger partial charge in [0.25, 0.3) is 5.92 Å². The average molecular weight is 636 g/mol. The molecule has 5 aliphatic carbocycles. The van der Waals surface area contributed by atoms with E-state index in [-0.39, 0.29) is 12.8 Å². The molecule has 0 aromatic rings. The molecule has 0 aromatic heterocycles. The number of hydrogen-bond acceptors (Lipinski definition) is 4. The van der Waals surface area contributed by atoms with Crippen LogP contribution in [0.25, 0.3) is 0 Å². The van der Waals surface area contributed by atoms with Crippen molar-refractivity contribution in [1.82, 2.24) is 0 Å². The van der Waals surface area contributed by atoms with Gasteiger partial charge in [0.2, 0.25) is 0 Å². The Morgan fingerprint density at radius 3 is 2.03 bits per heavy atom. The molecular weight excluding hydrogens is 608 g/mol. The van der Waals surface area contributed by atoms with Crippen molar-refractivity contribution < 1.29 is 27.8 Å². The molecule has 4 atom stereocenters. The highest BCUT2D eigenvalue weighted by molar-refractivity contribution is 14.1. The van der Waals surface area contributed by atoms with Gasteiger partial charge in [-0.1, -0.05) is 58.0 Å². The minimum atomic E-state index is -3.07. The topological polar surface area (TPSA) is 52.6 Å². The Bertz CT molecular complexity index is 677. The summed E-state index contributed by atoms with van der Waals surface area (Å²) in [4.78, 5) is 25.7. The summed E-state index contributed by atoms with van der Waals surface area (Å²) in [6.45, 7) is -0.218. The van der Waals surface area contributed by atoms with Gasteiger partial charge in [-0.2, -0.15) is 0 Å². The molecule has 29 heavy (non-hydrogen) atoms. The van der Waals surface area contributed by atoms with E-state index >= 15 is 0 Å². The quantitative estimate of drug-likeness (QED) is 0.224. The fourth-order valence-corrected chi connectivity index (χ4v) is 11.3. The highest BCUT2D eigenvalue weighted by Crippen LogP contribution is 2.66. The van der Waals surface area contributed by atoms with Crippen LogP contribution in [0.4, 0.5) is 8.78 Å². The van der Waals surface area contributed by atoms with E-state index in [4.69, 9.17) is 9.47 Å². The Morgan fingerprint density at radius 1 is 0.966 bits per heavy atom. The van der Waals surface area contributed by atoms with E-state index in [2.05, 4.69) is 45.2 Å². The van der Waals surface area contributed by atoms with E-state index in [1.54, 1.807) is 0 Å². The number of ether oxygens (including phenoxy) is 2. The van der Waals surface area contributed by atoms with Gasteiger partial charge in [0.1, 0.15) is 5.60 Å². The molecule has 8 heteroatoms. The van der Waals surface area contributed by atoms with Gasteiger partial charge in [-0.3, -0.25) is 9.59 Å². The molecule has 5 aliphatic rings. The second kappa shape index (κ2) is 7.69. The molecule has 4 unspecified atom stereocenters. The van der Waals surface area contributed by atoms with Crippen LogP contribution in [-0.2, 0) is 19.1 Å². The van der Waals surface area contributed by atoms with Crippen molar-refractivity contribution in [2.75, 3.05) is 6.61 Å². The lowest BCUT2D eigenvalue weighted by atomic mass is 9.54. The zero-order valence-electron chi connectivity index (χ0n) is 16.7. The molecule has 0 radical (unpaired) electrons. The fourth-order valence-electron chi connectivity index (χ4n) is 6.52. The monoisotopic (exact) mass is 636 g/mol. The Balaban J connectivity index is 1.46. The van der Waals surface area contributed by atoms with Crippen molar-refractivity contribution in [1.29, 1.82) is 0 Å². The number of esters is 2. The first kappa shape index (κ1) is 22.5. The number of alkyl halides is 4. The van der Waals surface area contributed by atoms with E-state index in [9.17, 15) is 18.4 Å². The van der Waals surface area contributed by atoms with Gasteiger partial charge in [-0.25, -0.2) is 8.78 Å². The van der Waals surface area contributed by atoms with E-state index in [1.165, 1.54) is 19.3 Å². The van der Waals surface area contributed by atoms with Gasteiger partial charge in [0.05, 0.1) is 11.8 Å². The van der Waals surface area contributed by atoms with Gasteiger partial charge < -0.3 is 9.47 Å². The molecule has 0 N–H and O–H groups in total. The normalized spacial score (nSPS) is 43.8. The van der Waals surface area contributed by atoms with Crippen molar-refractivity contribution in [3.05, 3.63) is 0 Å². The predicted molar refractivity (Wildman–Crippen MR) is 121 cm³/mol. The van der Waals surface area contributed by atoms with Crippen molar-refractivity contribution in [3.8, 4) is 0 Å². The Morgan fingerprint density at radius 2 is 1.52 bits per heavy atom. The maximum absolute atomic E-state index is 13.2. The molecular formula is C21H28F2I2O4. The van der Waals surface area contributed by atoms with Crippen LogP contribution in [0.2, 0.25) is 0 Å². The summed E-state index contributed by atoms with van der Waals surface area (Å²) in [5.74, 6) is -4.74. The zero-order valence-corrected chi connectivity index (χ0v) is 21.0. The Kier molecular flexibility index (Phi) is 5.95. The lowest BCUT2D eigenvalue weighted by Gasteiger charge is -2.62. The van der Waals surface area contributed by atoms with E-state index in [0.717, 1.165) is 39.0 Å². The van der Waals surface area contributed by atoms with Crippen LogP contribution >= 0.6 is 45.2 Å². The number of hydrogen-bond donors (Lipinski definition) is 0. The van der Waals surface area contributed by atoms with Crippen LogP contribution in [-0.4, -0.2) is 36.9 Å². The van der Waals surface area contributed by atoms with Crippen LogP contribution in [0, 0.1) is 17.8 Å². The van der Waals surface area contributed by atoms with Gasteiger partial charge in [-0.15, -0.1) is 0 Å². The third kappa shape index (κ3) is 4.87. The summed E-state index contributed by atoms with van der Waals surface area (Å²) in [5.41, 5.74) is -0.429. The predicted octanol–water partition coefficient (Wildman–Crippen LogP) is 5.62. The van der Waals surface area contributed by atoms with Crippen LogP contribution < -0.4 is 0 Å². The largest absolute Gasteiger partial charge is 0.459 e. The van der Waals surface area contributed by atoms with Crippen molar-refractivity contribution >= 4 is 57.1 Å². The number of carbonyl (C=O) groups is 2. The molecule has 0 heterocycles. The maximum Gasteiger partial charge on any atom is 0.310 e. The van der Waals surface area contributed by atoms with E-state index in [1.807, 2.05) is 0 Å². The van der Waals surface area contributed by atoms with E-state index in [0.29, 0.717) is 18.8 Å². The maximum atomic E-state index is 13.2. The summed E-state index contributed by atoms with van der Waals surface area (Å²) in [6.07, 6.45) is 8.94. The van der Waals surface area contributed by atoms with E-state index < -0.39 is 35.9 Å². The summed E-state index contributed by atoms with van der Waals surface area (Å²) < 4.78 is 37.7. The summed E-state index contributed by atoms with van der Waals surface area (Å²) >= 11 is 5.16. The minimum Gasteiger partial charge on any atom is -0.459 e. The van der Waals surface area contributed by atoms with Crippen molar-refractivity contribution in [3.63, 3.8) is 0 Å². The molecule has 5 fully saturated rings. The third-order valence-electron chi connectivity index (χ3n) is 7.04. The SMILES string of the molecule is CC(F)(F)COC(=O)C1CCCCC1C(=O)OC12CC3CC(I)(CC(I)(C3)C1)C2. The van der Waals surface area contributed by atoms with Crippen LogP contribution in [0.5, 0.6) is 0 Å². The summed E-state index contributed by atoms with van der Waals surface area (Å²) in [6, 6.07) is 0.